The highest BCUT2D eigenvalue weighted by atomic mass is 35.5. The molecule has 3 nitrogen and oxygen atoms in total. The molecule has 0 aliphatic rings. The molecule has 0 aliphatic heterocycles. The second-order valence-corrected chi connectivity index (χ2v) is 4.21. The summed E-state index contributed by atoms with van der Waals surface area (Å²) in [4.78, 5) is 0. The van der Waals surface area contributed by atoms with E-state index < -0.39 is 0 Å². The van der Waals surface area contributed by atoms with Crippen LogP contribution in [0.3, 0.4) is 0 Å². The van der Waals surface area contributed by atoms with Gasteiger partial charge in [0.25, 0.3) is 0 Å². The van der Waals surface area contributed by atoms with E-state index in [0.717, 1.165) is 0 Å². The first-order chi connectivity index (χ1) is 7.54. The Labute approximate surface area is 105 Å². The van der Waals surface area contributed by atoms with E-state index in [1.54, 1.807) is 12.1 Å². The standard InChI is InChI=1S/C11H15Cl2NO2/c1-3-15-6-7(2)16-11-5-9(13)8(12)4-10(11)14/h4-5,7H,3,6,14H2,1-2H3. The fraction of sp³-hybridized carbons (Fsp3) is 0.455. The maximum Gasteiger partial charge on any atom is 0.144 e. The van der Waals surface area contributed by atoms with Crippen LogP contribution in [-0.4, -0.2) is 19.3 Å². The minimum Gasteiger partial charge on any atom is -0.486 e. The van der Waals surface area contributed by atoms with Crippen molar-refractivity contribution >= 4 is 28.9 Å². The molecule has 2 N–H and O–H groups in total. The SMILES string of the molecule is CCOCC(C)Oc1cc(Cl)c(Cl)cc1N. The highest BCUT2D eigenvalue weighted by Gasteiger charge is 2.10. The van der Waals surface area contributed by atoms with E-state index in [-0.39, 0.29) is 6.10 Å². The number of benzene rings is 1. The van der Waals surface area contributed by atoms with Gasteiger partial charge in [0.15, 0.2) is 0 Å². The minimum atomic E-state index is -0.0838. The van der Waals surface area contributed by atoms with Gasteiger partial charge in [0, 0.05) is 12.7 Å². The second kappa shape index (κ2) is 6.18. The van der Waals surface area contributed by atoms with Crippen molar-refractivity contribution in [2.24, 2.45) is 0 Å². The molecule has 1 aromatic carbocycles. The van der Waals surface area contributed by atoms with Crippen molar-refractivity contribution in [3.63, 3.8) is 0 Å². The van der Waals surface area contributed by atoms with Crippen LogP contribution < -0.4 is 10.5 Å². The summed E-state index contributed by atoms with van der Waals surface area (Å²) in [7, 11) is 0. The second-order valence-electron chi connectivity index (χ2n) is 3.39. The molecule has 0 aliphatic carbocycles. The Morgan fingerprint density at radius 2 is 1.94 bits per heavy atom. The van der Waals surface area contributed by atoms with Gasteiger partial charge in [0.1, 0.15) is 11.9 Å². The molecule has 0 spiro atoms. The maximum atomic E-state index is 5.87. The predicted molar refractivity (Wildman–Crippen MR) is 67.5 cm³/mol. The van der Waals surface area contributed by atoms with Gasteiger partial charge < -0.3 is 15.2 Å². The summed E-state index contributed by atoms with van der Waals surface area (Å²) in [5, 5.41) is 0.846. The zero-order valence-electron chi connectivity index (χ0n) is 9.30. The van der Waals surface area contributed by atoms with Crippen molar-refractivity contribution in [2.45, 2.75) is 20.0 Å². The zero-order chi connectivity index (χ0) is 12.1. The number of hydrogen-bond donors (Lipinski definition) is 1. The molecule has 0 amide bonds. The van der Waals surface area contributed by atoms with Gasteiger partial charge in [-0.25, -0.2) is 0 Å². The number of nitrogen functional groups attached to an aromatic ring is 1. The Morgan fingerprint density at radius 3 is 2.56 bits per heavy atom. The van der Waals surface area contributed by atoms with Crippen LogP contribution in [0.2, 0.25) is 10.0 Å². The van der Waals surface area contributed by atoms with Gasteiger partial charge in [-0.15, -0.1) is 0 Å². The summed E-state index contributed by atoms with van der Waals surface area (Å²) in [6.45, 7) is 5.00. The first-order valence-electron chi connectivity index (χ1n) is 5.03. The van der Waals surface area contributed by atoms with Crippen molar-refractivity contribution in [2.75, 3.05) is 18.9 Å². The van der Waals surface area contributed by atoms with Gasteiger partial charge in [0.05, 0.1) is 22.3 Å². The quantitative estimate of drug-likeness (QED) is 0.829. The molecule has 1 aromatic rings. The summed E-state index contributed by atoms with van der Waals surface area (Å²) in [5.74, 6) is 0.529. The summed E-state index contributed by atoms with van der Waals surface area (Å²) in [6, 6.07) is 3.19. The lowest BCUT2D eigenvalue weighted by Gasteiger charge is -2.16. The molecular formula is C11H15Cl2NO2. The van der Waals surface area contributed by atoms with Crippen molar-refractivity contribution in [1.29, 1.82) is 0 Å². The third kappa shape index (κ3) is 3.74. The molecule has 90 valence electrons. The van der Waals surface area contributed by atoms with Crippen LogP contribution in [-0.2, 0) is 4.74 Å². The molecule has 0 fully saturated rings. The summed E-state index contributed by atoms with van der Waals surface area (Å²) in [5.41, 5.74) is 6.23. The van der Waals surface area contributed by atoms with E-state index in [1.807, 2.05) is 13.8 Å². The predicted octanol–water partition coefficient (Wildman–Crippen LogP) is 3.38. The largest absolute Gasteiger partial charge is 0.486 e. The normalized spacial score (nSPS) is 12.5. The molecule has 5 heteroatoms. The highest BCUT2D eigenvalue weighted by molar-refractivity contribution is 6.42. The third-order valence-electron chi connectivity index (χ3n) is 1.94. The lowest BCUT2D eigenvalue weighted by Crippen LogP contribution is -2.19. The van der Waals surface area contributed by atoms with E-state index in [2.05, 4.69) is 0 Å². The smallest absolute Gasteiger partial charge is 0.144 e. The Bertz CT molecular complexity index is 358. The van der Waals surface area contributed by atoms with Crippen molar-refractivity contribution in [1.82, 2.24) is 0 Å². The fourth-order valence-corrected chi connectivity index (χ4v) is 1.51. The molecule has 0 aromatic heterocycles. The first-order valence-corrected chi connectivity index (χ1v) is 5.79. The van der Waals surface area contributed by atoms with Crippen LogP contribution in [0.5, 0.6) is 5.75 Å². The number of halogens is 2. The van der Waals surface area contributed by atoms with E-state index >= 15 is 0 Å². The zero-order valence-corrected chi connectivity index (χ0v) is 10.8. The van der Waals surface area contributed by atoms with E-state index in [0.29, 0.717) is 34.7 Å². The minimum absolute atomic E-state index is 0.0838. The van der Waals surface area contributed by atoms with Crippen molar-refractivity contribution in [3.05, 3.63) is 22.2 Å². The molecule has 0 saturated carbocycles. The summed E-state index contributed by atoms with van der Waals surface area (Å²) in [6.07, 6.45) is -0.0838. The molecule has 0 saturated heterocycles. The van der Waals surface area contributed by atoms with E-state index in [4.69, 9.17) is 38.4 Å². The fourth-order valence-electron chi connectivity index (χ4n) is 1.18. The van der Waals surface area contributed by atoms with Crippen molar-refractivity contribution in [3.8, 4) is 5.75 Å². The molecule has 0 bridgehead atoms. The number of nitrogens with two attached hydrogens (primary N) is 1. The Morgan fingerprint density at radius 1 is 1.31 bits per heavy atom. The maximum absolute atomic E-state index is 5.87. The van der Waals surface area contributed by atoms with Crippen LogP contribution in [0.15, 0.2) is 12.1 Å². The number of hydrogen-bond acceptors (Lipinski definition) is 3. The van der Waals surface area contributed by atoms with E-state index in [9.17, 15) is 0 Å². The van der Waals surface area contributed by atoms with Gasteiger partial charge in [-0.2, -0.15) is 0 Å². The Balaban J connectivity index is 2.69. The molecule has 1 rings (SSSR count). The third-order valence-corrected chi connectivity index (χ3v) is 2.66. The average Bonchev–Trinajstić information content (AvgIpc) is 2.23. The monoisotopic (exact) mass is 263 g/mol. The van der Waals surface area contributed by atoms with Gasteiger partial charge in [-0.1, -0.05) is 23.2 Å². The molecule has 1 unspecified atom stereocenters. The topological polar surface area (TPSA) is 44.5 Å². The van der Waals surface area contributed by atoms with Crippen LogP contribution in [0.1, 0.15) is 13.8 Å². The van der Waals surface area contributed by atoms with Gasteiger partial charge in [0.2, 0.25) is 0 Å². The summed E-state index contributed by atoms with van der Waals surface area (Å²) < 4.78 is 10.8. The van der Waals surface area contributed by atoms with Crippen LogP contribution in [0, 0.1) is 0 Å². The van der Waals surface area contributed by atoms with E-state index in [1.165, 1.54) is 0 Å². The molecule has 1 atom stereocenters. The number of rotatable bonds is 5. The Hall–Kier alpha value is -0.640. The molecule has 16 heavy (non-hydrogen) atoms. The van der Waals surface area contributed by atoms with Crippen LogP contribution in [0.4, 0.5) is 5.69 Å². The molecule has 0 radical (unpaired) electrons. The molecular weight excluding hydrogens is 249 g/mol. The van der Waals surface area contributed by atoms with Crippen molar-refractivity contribution < 1.29 is 9.47 Å². The van der Waals surface area contributed by atoms with Crippen LogP contribution >= 0.6 is 23.2 Å². The number of anilines is 1. The average molecular weight is 264 g/mol. The first kappa shape index (κ1) is 13.4. The highest BCUT2D eigenvalue weighted by Crippen LogP contribution is 2.32. The summed E-state index contributed by atoms with van der Waals surface area (Å²) >= 11 is 11.7. The van der Waals surface area contributed by atoms with Gasteiger partial charge in [-0.05, 0) is 19.9 Å². The van der Waals surface area contributed by atoms with Gasteiger partial charge in [-0.3, -0.25) is 0 Å². The van der Waals surface area contributed by atoms with Crippen LogP contribution in [0.25, 0.3) is 0 Å². The lowest BCUT2D eigenvalue weighted by molar-refractivity contribution is 0.0661. The lowest BCUT2D eigenvalue weighted by atomic mass is 10.3. The Kier molecular flexibility index (Phi) is 5.19. The molecule has 0 heterocycles. The van der Waals surface area contributed by atoms with Gasteiger partial charge >= 0.3 is 0 Å². The number of ether oxygens (including phenoxy) is 2.